The minimum atomic E-state index is -4.56. The Morgan fingerprint density at radius 2 is 2.04 bits per heavy atom. The van der Waals surface area contributed by atoms with Gasteiger partial charge < -0.3 is 20.0 Å². The number of nitrogens with zero attached hydrogens (tertiary/aromatic N) is 2. The Bertz CT molecular complexity index is 756. The summed E-state index contributed by atoms with van der Waals surface area (Å²) in [4.78, 5) is 11.1. The average molecular weight is 340 g/mol. The van der Waals surface area contributed by atoms with E-state index in [4.69, 9.17) is 4.74 Å². The van der Waals surface area contributed by atoms with Crippen LogP contribution in [0.1, 0.15) is 34.4 Å². The van der Waals surface area contributed by atoms with Crippen molar-refractivity contribution < 1.29 is 27.8 Å². The molecule has 0 aliphatic carbocycles. The summed E-state index contributed by atoms with van der Waals surface area (Å²) in [6, 6.07) is 3.89. The predicted octanol–water partition coefficient (Wildman–Crippen LogP) is 1.92. The molecule has 1 aliphatic rings. The zero-order chi connectivity index (χ0) is 17.5. The third kappa shape index (κ3) is 2.77. The van der Waals surface area contributed by atoms with Gasteiger partial charge in [0.1, 0.15) is 11.6 Å². The molecule has 0 unspecified atom stereocenters. The highest BCUT2D eigenvalue weighted by Gasteiger charge is 2.46. The molecule has 0 saturated carbocycles. The van der Waals surface area contributed by atoms with Crippen LogP contribution in [0.3, 0.4) is 0 Å². The van der Waals surface area contributed by atoms with Gasteiger partial charge in [-0.3, -0.25) is 0 Å². The average Bonchev–Trinajstić information content (AvgIpc) is 2.97. The Morgan fingerprint density at radius 3 is 2.58 bits per heavy atom. The number of rotatable bonds is 3. The molecular weight excluding hydrogens is 327 g/mol. The minimum absolute atomic E-state index is 0.204. The van der Waals surface area contributed by atoms with E-state index >= 15 is 0 Å². The molecule has 0 fully saturated rings. The Balaban J connectivity index is 2.02. The van der Waals surface area contributed by atoms with Crippen LogP contribution in [0.5, 0.6) is 5.75 Å². The van der Waals surface area contributed by atoms with Crippen molar-refractivity contribution >= 4 is 11.8 Å². The van der Waals surface area contributed by atoms with E-state index in [0.717, 1.165) is 6.20 Å². The van der Waals surface area contributed by atoms with E-state index in [1.54, 1.807) is 24.3 Å². The predicted molar refractivity (Wildman–Crippen MR) is 75.6 cm³/mol. The van der Waals surface area contributed by atoms with Crippen molar-refractivity contribution in [3.63, 3.8) is 0 Å². The number of ether oxygens (including phenoxy) is 1. The molecule has 128 valence electrons. The third-order valence-electron chi connectivity index (χ3n) is 3.98. The Kier molecular flexibility index (Phi) is 3.86. The van der Waals surface area contributed by atoms with Crippen LogP contribution >= 0.6 is 0 Å². The summed E-state index contributed by atoms with van der Waals surface area (Å²) in [5, 5.41) is 17.5. The molecular formula is C15H13F3N3O3-. The Morgan fingerprint density at radius 1 is 1.38 bits per heavy atom. The number of methoxy groups -OCH3 is 1. The third-order valence-corrected chi connectivity index (χ3v) is 3.98. The van der Waals surface area contributed by atoms with Crippen molar-refractivity contribution in [1.29, 1.82) is 0 Å². The van der Waals surface area contributed by atoms with Crippen molar-refractivity contribution in [3.8, 4) is 5.75 Å². The molecule has 2 atom stereocenters. The monoisotopic (exact) mass is 340 g/mol. The van der Waals surface area contributed by atoms with Gasteiger partial charge in [-0.25, -0.2) is 4.68 Å². The fourth-order valence-corrected chi connectivity index (χ4v) is 2.77. The molecule has 2 heterocycles. The van der Waals surface area contributed by atoms with E-state index < -0.39 is 29.8 Å². The van der Waals surface area contributed by atoms with Crippen molar-refractivity contribution in [2.75, 3.05) is 12.4 Å². The van der Waals surface area contributed by atoms with Crippen molar-refractivity contribution in [2.24, 2.45) is 0 Å². The lowest BCUT2D eigenvalue weighted by molar-refractivity contribution is -0.255. The number of hydrogen-bond acceptors (Lipinski definition) is 5. The van der Waals surface area contributed by atoms with E-state index in [2.05, 4.69) is 10.4 Å². The van der Waals surface area contributed by atoms with E-state index in [0.29, 0.717) is 16.0 Å². The van der Waals surface area contributed by atoms with Gasteiger partial charge in [0.05, 0.1) is 30.9 Å². The molecule has 24 heavy (non-hydrogen) atoms. The van der Waals surface area contributed by atoms with Gasteiger partial charge in [0.25, 0.3) is 0 Å². The molecule has 0 spiro atoms. The van der Waals surface area contributed by atoms with Gasteiger partial charge in [0, 0.05) is 6.42 Å². The molecule has 1 aliphatic heterocycles. The van der Waals surface area contributed by atoms with Gasteiger partial charge in [-0.1, -0.05) is 12.1 Å². The first-order valence-electron chi connectivity index (χ1n) is 7.07. The molecule has 1 aromatic carbocycles. The number of anilines is 1. The van der Waals surface area contributed by atoms with Crippen LogP contribution < -0.4 is 15.2 Å². The van der Waals surface area contributed by atoms with Crippen LogP contribution in [0.25, 0.3) is 0 Å². The zero-order valence-electron chi connectivity index (χ0n) is 12.5. The van der Waals surface area contributed by atoms with Crippen LogP contribution in [-0.4, -0.2) is 29.0 Å². The number of fused-ring (bicyclic) bond motifs is 1. The van der Waals surface area contributed by atoms with Crippen LogP contribution in [0.2, 0.25) is 0 Å². The van der Waals surface area contributed by atoms with E-state index in [9.17, 15) is 23.1 Å². The second-order valence-corrected chi connectivity index (χ2v) is 5.40. The number of carboxylic acid groups (broad SMARTS) is 1. The number of aromatic carboxylic acids is 1. The van der Waals surface area contributed by atoms with Crippen molar-refractivity contribution in [2.45, 2.75) is 24.7 Å². The highest BCUT2D eigenvalue weighted by Crippen LogP contribution is 2.44. The number of carboxylic acids is 1. The molecule has 3 rings (SSSR count). The number of carbonyl (C=O) groups is 1. The summed E-state index contributed by atoms with van der Waals surface area (Å²) in [5.41, 5.74) is 0.184. The summed E-state index contributed by atoms with van der Waals surface area (Å²) in [5.74, 6) is -1.22. The lowest BCUT2D eigenvalue weighted by atomic mass is 9.96. The number of alkyl halides is 3. The summed E-state index contributed by atoms with van der Waals surface area (Å²) in [6.45, 7) is 0. The minimum Gasteiger partial charge on any atom is -0.545 e. The van der Waals surface area contributed by atoms with Crippen LogP contribution in [0.15, 0.2) is 30.5 Å². The number of hydrogen-bond donors (Lipinski definition) is 1. The van der Waals surface area contributed by atoms with Crippen LogP contribution in [0.4, 0.5) is 19.0 Å². The fraction of sp³-hybridized carbons (Fsp3) is 0.333. The SMILES string of the molecule is COc1ccc([C@H]2C[C@@H](C(F)(F)F)n3ncc(C(=O)[O-])c3N2)cc1. The number of halogens is 3. The number of carbonyl (C=O) groups excluding carboxylic acids is 1. The zero-order valence-corrected chi connectivity index (χ0v) is 12.5. The molecule has 1 aromatic heterocycles. The summed E-state index contributed by atoms with van der Waals surface area (Å²) in [7, 11) is 1.48. The lowest BCUT2D eigenvalue weighted by Crippen LogP contribution is -2.36. The molecule has 0 amide bonds. The molecule has 0 saturated heterocycles. The molecule has 0 radical (unpaired) electrons. The van der Waals surface area contributed by atoms with Crippen LogP contribution in [0, 0.1) is 0 Å². The molecule has 2 aromatic rings. The Hall–Kier alpha value is -2.71. The highest BCUT2D eigenvalue weighted by molar-refractivity contribution is 5.91. The van der Waals surface area contributed by atoms with Crippen molar-refractivity contribution in [1.82, 2.24) is 9.78 Å². The molecule has 9 heteroatoms. The van der Waals surface area contributed by atoms with Gasteiger partial charge in [-0.05, 0) is 17.7 Å². The first-order valence-corrected chi connectivity index (χ1v) is 7.07. The van der Waals surface area contributed by atoms with Gasteiger partial charge in [-0.2, -0.15) is 18.3 Å². The molecule has 6 nitrogen and oxygen atoms in total. The maximum absolute atomic E-state index is 13.4. The van der Waals surface area contributed by atoms with Crippen LogP contribution in [-0.2, 0) is 0 Å². The van der Waals surface area contributed by atoms with Crippen molar-refractivity contribution in [3.05, 3.63) is 41.6 Å². The quantitative estimate of drug-likeness (QED) is 0.923. The topological polar surface area (TPSA) is 79.2 Å². The Labute approximate surface area is 134 Å². The van der Waals surface area contributed by atoms with Gasteiger partial charge >= 0.3 is 6.18 Å². The van der Waals surface area contributed by atoms with E-state index in [1.165, 1.54) is 7.11 Å². The smallest absolute Gasteiger partial charge is 0.410 e. The van der Waals surface area contributed by atoms with Gasteiger partial charge in [-0.15, -0.1) is 0 Å². The normalized spacial score (nSPS) is 20.2. The molecule has 0 bridgehead atoms. The van der Waals surface area contributed by atoms with E-state index in [-0.39, 0.29) is 12.2 Å². The number of nitrogens with one attached hydrogen (secondary N) is 1. The van der Waals surface area contributed by atoms with Gasteiger partial charge in [0.15, 0.2) is 6.04 Å². The summed E-state index contributed by atoms with van der Waals surface area (Å²) < 4.78 is 45.8. The molecule has 1 N–H and O–H groups in total. The largest absolute Gasteiger partial charge is 0.545 e. The number of benzene rings is 1. The fourth-order valence-electron chi connectivity index (χ4n) is 2.77. The van der Waals surface area contributed by atoms with Gasteiger partial charge in [0.2, 0.25) is 0 Å². The highest BCUT2D eigenvalue weighted by atomic mass is 19.4. The lowest BCUT2D eigenvalue weighted by Gasteiger charge is -2.34. The first-order chi connectivity index (χ1) is 11.3. The standard InChI is InChI=1S/C15H14F3N3O3/c1-24-9-4-2-8(3-5-9)11-6-12(15(16,17)18)21-13(20-11)10(7-19-21)14(22)23/h2-5,7,11-12,20H,6H2,1H3,(H,22,23)/p-1/t11-,12+/m1/s1. The maximum Gasteiger partial charge on any atom is 0.410 e. The summed E-state index contributed by atoms with van der Waals surface area (Å²) >= 11 is 0. The summed E-state index contributed by atoms with van der Waals surface area (Å²) in [6.07, 6.45) is -4.00. The second kappa shape index (κ2) is 5.73. The second-order valence-electron chi connectivity index (χ2n) is 5.40. The number of aromatic nitrogens is 2. The first kappa shape index (κ1) is 16.2. The van der Waals surface area contributed by atoms with E-state index in [1.807, 2.05) is 0 Å². The maximum atomic E-state index is 13.4.